The molecule has 3 N–H and O–H groups in total. The number of rotatable bonds is 3. The molecule has 1 fully saturated rings. The zero-order valence-corrected chi connectivity index (χ0v) is 8.98. The Hall–Kier alpha value is -1.36. The first kappa shape index (κ1) is 10.2. The predicted octanol–water partition coefficient (Wildman–Crippen LogP) is 0.999. The van der Waals surface area contributed by atoms with Crippen LogP contribution in [0.5, 0.6) is 0 Å². The summed E-state index contributed by atoms with van der Waals surface area (Å²) >= 11 is 0. The SMILES string of the molecule is CCC1CCN(c2cc(NN)ncn2)C1. The second-order valence-corrected chi connectivity index (χ2v) is 3.91. The van der Waals surface area contributed by atoms with Crippen molar-refractivity contribution in [1.29, 1.82) is 0 Å². The number of nitrogens with two attached hydrogens (primary N) is 1. The molecule has 15 heavy (non-hydrogen) atoms. The second-order valence-electron chi connectivity index (χ2n) is 3.91. The zero-order valence-electron chi connectivity index (χ0n) is 8.98. The van der Waals surface area contributed by atoms with Gasteiger partial charge >= 0.3 is 0 Å². The molecule has 0 aliphatic carbocycles. The van der Waals surface area contributed by atoms with E-state index in [-0.39, 0.29) is 0 Å². The van der Waals surface area contributed by atoms with Crippen molar-refractivity contribution in [2.45, 2.75) is 19.8 Å². The molecule has 1 aromatic heterocycles. The fourth-order valence-electron chi connectivity index (χ4n) is 1.97. The molecule has 5 heteroatoms. The molecule has 0 aromatic carbocycles. The van der Waals surface area contributed by atoms with Gasteiger partial charge in [0.1, 0.15) is 18.0 Å². The Morgan fingerprint density at radius 3 is 3.13 bits per heavy atom. The van der Waals surface area contributed by atoms with Crippen LogP contribution < -0.4 is 16.2 Å². The van der Waals surface area contributed by atoms with Crippen LogP contribution >= 0.6 is 0 Å². The molecule has 2 heterocycles. The van der Waals surface area contributed by atoms with Gasteiger partial charge in [0.05, 0.1) is 0 Å². The largest absolute Gasteiger partial charge is 0.356 e. The van der Waals surface area contributed by atoms with Crippen molar-refractivity contribution in [3.8, 4) is 0 Å². The fourth-order valence-corrected chi connectivity index (χ4v) is 1.97. The maximum atomic E-state index is 5.31. The fraction of sp³-hybridized carbons (Fsp3) is 0.600. The molecule has 0 spiro atoms. The first-order chi connectivity index (χ1) is 7.33. The maximum Gasteiger partial charge on any atom is 0.145 e. The van der Waals surface area contributed by atoms with E-state index in [2.05, 4.69) is 27.2 Å². The Labute approximate surface area is 89.7 Å². The van der Waals surface area contributed by atoms with Gasteiger partial charge in [-0.25, -0.2) is 15.8 Å². The van der Waals surface area contributed by atoms with Crippen LogP contribution in [0, 0.1) is 5.92 Å². The van der Waals surface area contributed by atoms with Crippen molar-refractivity contribution in [1.82, 2.24) is 9.97 Å². The summed E-state index contributed by atoms with van der Waals surface area (Å²) in [6, 6.07) is 1.89. The molecule has 82 valence electrons. The van der Waals surface area contributed by atoms with Crippen LogP contribution in [-0.4, -0.2) is 23.1 Å². The third-order valence-electron chi connectivity index (χ3n) is 2.99. The molecule has 2 rings (SSSR count). The van der Waals surface area contributed by atoms with Crippen molar-refractivity contribution in [2.75, 3.05) is 23.4 Å². The summed E-state index contributed by atoms with van der Waals surface area (Å²) in [6.07, 6.45) is 4.04. The number of aromatic nitrogens is 2. The summed E-state index contributed by atoms with van der Waals surface area (Å²) in [7, 11) is 0. The second kappa shape index (κ2) is 4.44. The van der Waals surface area contributed by atoms with Gasteiger partial charge < -0.3 is 10.3 Å². The molecule has 1 unspecified atom stereocenters. The number of hydrogen-bond donors (Lipinski definition) is 2. The van der Waals surface area contributed by atoms with Crippen LogP contribution in [0.25, 0.3) is 0 Å². The average molecular weight is 207 g/mol. The molecule has 5 nitrogen and oxygen atoms in total. The summed E-state index contributed by atoms with van der Waals surface area (Å²) in [6.45, 7) is 4.41. The number of nitrogen functional groups attached to an aromatic ring is 1. The molecule has 1 saturated heterocycles. The van der Waals surface area contributed by atoms with Crippen molar-refractivity contribution in [3.63, 3.8) is 0 Å². The summed E-state index contributed by atoms with van der Waals surface area (Å²) in [5.41, 5.74) is 2.54. The van der Waals surface area contributed by atoms with E-state index in [1.54, 1.807) is 6.33 Å². The van der Waals surface area contributed by atoms with Crippen molar-refractivity contribution in [2.24, 2.45) is 11.8 Å². The highest BCUT2D eigenvalue weighted by molar-refractivity contribution is 5.48. The van der Waals surface area contributed by atoms with Gasteiger partial charge in [-0.2, -0.15) is 0 Å². The summed E-state index contributed by atoms with van der Waals surface area (Å²) in [5, 5.41) is 0. The highest BCUT2D eigenvalue weighted by Crippen LogP contribution is 2.24. The van der Waals surface area contributed by atoms with E-state index < -0.39 is 0 Å². The standard InChI is InChI=1S/C10H17N5/c1-2-8-3-4-15(6-8)10-5-9(14-11)12-7-13-10/h5,7-8H,2-4,6,11H2,1H3,(H,12,13,14). The molecule has 1 aliphatic heterocycles. The normalized spacial score (nSPS) is 20.7. The molecule has 0 bridgehead atoms. The minimum Gasteiger partial charge on any atom is -0.356 e. The molecule has 1 aliphatic rings. The lowest BCUT2D eigenvalue weighted by Crippen LogP contribution is -2.21. The lowest BCUT2D eigenvalue weighted by atomic mass is 10.1. The summed E-state index contributed by atoms with van der Waals surface area (Å²) < 4.78 is 0. The number of nitrogens with one attached hydrogen (secondary N) is 1. The number of hydrazine groups is 1. The van der Waals surface area contributed by atoms with E-state index in [4.69, 9.17) is 5.84 Å². The Morgan fingerprint density at radius 1 is 1.60 bits per heavy atom. The maximum absolute atomic E-state index is 5.31. The molecular formula is C10H17N5. The summed E-state index contributed by atoms with van der Waals surface area (Å²) in [4.78, 5) is 10.5. The smallest absolute Gasteiger partial charge is 0.145 e. The topological polar surface area (TPSA) is 67.1 Å². The van der Waals surface area contributed by atoms with Crippen molar-refractivity contribution < 1.29 is 0 Å². The average Bonchev–Trinajstić information content (AvgIpc) is 2.78. The van der Waals surface area contributed by atoms with Crippen LogP contribution in [-0.2, 0) is 0 Å². The number of anilines is 2. The summed E-state index contributed by atoms with van der Waals surface area (Å²) in [5.74, 6) is 7.75. The minimum absolute atomic E-state index is 0.667. The van der Waals surface area contributed by atoms with E-state index >= 15 is 0 Å². The van der Waals surface area contributed by atoms with Crippen molar-refractivity contribution in [3.05, 3.63) is 12.4 Å². The van der Waals surface area contributed by atoms with Gasteiger partial charge in [0.2, 0.25) is 0 Å². The first-order valence-electron chi connectivity index (χ1n) is 5.37. The van der Waals surface area contributed by atoms with Crippen LogP contribution in [0.3, 0.4) is 0 Å². The monoisotopic (exact) mass is 207 g/mol. The predicted molar refractivity (Wildman–Crippen MR) is 60.5 cm³/mol. The molecule has 0 saturated carbocycles. The third kappa shape index (κ3) is 2.18. The van der Waals surface area contributed by atoms with Crippen molar-refractivity contribution >= 4 is 11.6 Å². The Bertz CT molecular complexity index is 327. The lowest BCUT2D eigenvalue weighted by molar-refractivity contribution is 0.568. The Balaban J connectivity index is 2.09. The van der Waals surface area contributed by atoms with E-state index in [0.717, 1.165) is 24.8 Å². The van der Waals surface area contributed by atoms with Gasteiger partial charge in [0.25, 0.3) is 0 Å². The van der Waals surface area contributed by atoms with Gasteiger partial charge in [-0.15, -0.1) is 0 Å². The number of hydrogen-bond acceptors (Lipinski definition) is 5. The van der Waals surface area contributed by atoms with Crippen LogP contribution in [0.1, 0.15) is 19.8 Å². The van der Waals surface area contributed by atoms with Gasteiger partial charge in [-0.1, -0.05) is 13.3 Å². The minimum atomic E-state index is 0.667. The van der Waals surface area contributed by atoms with E-state index in [1.165, 1.54) is 12.8 Å². The van der Waals surface area contributed by atoms with E-state index in [9.17, 15) is 0 Å². The molecule has 1 aromatic rings. The Kier molecular flexibility index (Phi) is 3.01. The van der Waals surface area contributed by atoms with Crippen LogP contribution in [0.2, 0.25) is 0 Å². The quantitative estimate of drug-likeness (QED) is 0.571. The van der Waals surface area contributed by atoms with E-state index in [1.807, 2.05) is 6.07 Å². The van der Waals surface area contributed by atoms with Crippen LogP contribution in [0.15, 0.2) is 12.4 Å². The zero-order chi connectivity index (χ0) is 10.7. The number of nitrogens with zero attached hydrogens (tertiary/aromatic N) is 3. The van der Waals surface area contributed by atoms with Gasteiger partial charge in [-0.05, 0) is 12.3 Å². The first-order valence-corrected chi connectivity index (χ1v) is 5.37. The Morgan fingerprint density at radius 2 is 2.47 bits per heavy atom. The van der Waals surface area contributed by atoms with Gasteiger partial charge in [0, 0.05) is 19.2 Å². The molecular weight excluding hydrogens is 190 g/mol. The molecule has 0 amide bonds. The van der Waals surface area contributed by atoms with Gasteiger partial charge in [0.15, 0.2) is 0 Å². The molecule has 0 radical (unpaired) electrons. The van der Waals surface area contributed by atoms with Crippen LogP contribution in [0.4, 0.5) is 11.6 Å². The highest BCUT2D eigenvalue weighted by atomic mass is 15.3. The van der Waals surface area contributed by atoms with Gasteiger partial charge in [-0.3, -0.25) is 0 Å². The van der Waals surface area contributed by atoms with E-state index in [0.29, 0.717) is 5.82 Å². The molecule has 1 atom stereocenters. The third-order valence-corrected chi connectivity index (χ3v) is 2.99. The highest BCUT2D eigenvalue weighted by Gasteiger charge is 2.21. The lowest BCUT2D eigenvalue weighted by Gasteiger charge is -2.17.